The lowest BCUT2D eigenvalue weighted by Crippen LogP contribution is -3.00. The van der Waals surface area contributed by atoms with Gasteiger partial charge in [0.1, 0.15) is 12.6 Å². The molecule has 0 fully saturated rings. The Hall–Kier alpha value is -1.43. The van der Waals surface area contributed by atoms with E-state index in [2.05, 4.69) is 4.98 Å². The Balaban J connectivity index is 0.00000108. The van der Waals surface area contributed by atoms with Crippen LogP contribution in [0, 0.1) is 0 Å². The van der Waals surface area contributed by atoms with Crippen molar-refractivity contribution in [2.45, 2.75) is 0 Å². The molecule has 3 rings (SSSR count). The quantitative estimate of drug-likeness (QED) is 0.435. The number of rotatable bonds is 1. The molecule has 0 aliphatic heterocycles. The molecule has 1 aromatic carbocycles. The minimum absolute atomic E-state index is 0. The third-order valence-corrected chi connectivity index (χ3v) is 2.57. The van der Waals surface area contributed by atoms with Gasteiger partial charge in [0.2, 0.25) is 0 Å². The molecule has 86 valence electrons. The number of aryl methyl sites for hydroxylation is 1. The molecule has 0 radical (unpaired) electrons. The van der Waals surface area contributed by atoms with E-state index in [0.29, 0.717) is 5.89 Å². The normalized spacial score (nSPS) is 10.2. The number of para-hydroxylation sites is 2. The summed E-state index contributed by atoms with van der Waals surface area (Å²) in [5.74, 6) is 0.657. The average molecular weight is 338 g/mol. The Morgan fingerprint density at radius 2 is 1.82 bits per heavy atom. The Bertz CT molecular complexity index is 615. The van der Waals surface area contributed by atoms with Gasteiger partial charge in [0.05, 0.1) is 0 Å². The Morgan fingerprint density at radius 1 is 1.06 bits per heavy atom. The van der Waals surface area contributed by atoms with Gasteiger partial charge in [-0.05, 0) is 18.2 Å². The van der Waals surface area contributed by atoms with Gasteiger partial charge in [0, 0.05) is 12.1 Å². The summed E-state index contributed by atoms with van der Waals surface area (Å²) >= 11 is 0. The first-order chi connectivity index (χ1) is 7.84. The van der Waals surface area contributed by atoms with E-state index >= 15 is 0 Å². The van der Waals surface area contributed by atoms with Gasteiger partial charge < -0.3 is 28.4 Å². The average Bonchev–Trinajstić information content (AvgIpc) is 2.73. The molecule has 0 saturated carbocycles. The van der Waals surface area contributed by atoms with E-state index in [-0.39, 0.29) is 24.0 Å². The van der Waals surface area contributed by atoms with Crippen molar-refractivity contribution >= 4 is 11.1 Å². The summed E-state index contributed by atoms with van der Waals surface area (Å²) in [6, 6.07) is 13.7. The van der Waals surface area contributed by atoms with Crippen LogP contribution >= 0.6 is 0 Å². The zero-order valence-corrected chi connectivity index (χ0v) is 11.5. The molecule has 2 heterocycles. The summed E-state index contributed by atoms with van der Waals surface area (Å²) in [7, 11) is 1.98. The maximum atomic E-state index is 5.70. The minimum Gasteiger partial charge on any atom is -1.00 e. The highest BCUT2D eigenvalue weighted by Crippen LogP contribution is 2.20. The zero-order valence-electron chi connectivity index (χ0n) is 9.30. The molecule has 0 aliphatic rings. The van der Waals surface area contributed by atoms with Crippen molar-refractivity contribution in [2.24, 2.45) is 7.05 Å². The fourth-order valence-corrected chi connectivity index (χ4v) is 1.73. The predicted octanol–water partition coefficient (Wildman–Crippen LogP) is -0.677. The number of benzene rings is 1. The van der Waals surface area contributed by atoms with Crippen molar-refractivity contribution in [3.8, 4) is 11.6 Å². The summed E-state index contributed by atoms with van der Waals surface area (Å²) in [6.45, 7) is 0. The molecule has 3 nitrogen and oxygen atoms in total. The second kappa shape index (κ2) is 4.83. The molecule has 0 atom stereocenters. The van der Waals surface area contributed by atoms with Gasteiger partial charge >= 0.3 is 0 Å². The highest BCUT2D eigenvalue weighted by atomic mass is 127. The first kappa shape index (κ1) is 12.0. The van der Waals surface area contributed by atoms with Crippen molar-refractivity contribution in [2.75, 3.05) is 0 Å². The molecular formula is C13H11IN2O. The summed E-state index contributed by atoms with van der Waals surface area (Å²) in [6.07, 6.45) is 1.98. The topological polar surface area (TPSA) is 29.9 Å². The van der Waals surface area contributed by atoms with Crippen LogP contribution in [0.15, 0.2) is 53.1 Å². The minimum atomic E-state index is 0. The third-order valence-electron chi connectivity index (χ3n) is 2.57. The van der Waals surface area contributed by atoms with E-state index in [0.717, 1.165) is 16.8 Å². The smallest absolute Gasteiger partial charge is 0.294 e. The summed E-state index contributed by atoms with van der Waals surface area (Å²) < 4.78 is 7.69. The fraction of sp³-hybridized carbons (Fsp3) is 0.0769. The molecule has 4 heteroatoms. The van der Waals surface area contributed by atoms with E-state index < -0.39 is 0 Å². The van der Waals surface area contributed by atoms with Gasteiger partial charge in [-0.25, -0.2) is 4.98 Å². The van der Waals surface area contributed by atoms with E-state index in [1.54, 1.807) is 0 Å². The molecule has 17 heavy (non-hydrogen) atoms. The molecular weight excluding hydrogens is 327 g/mol. The zero-order chi connectivity index (χ0) is 11.0. The molecule has 0 amide bonds. The van der Waals surface area contributed by atoms with E-state index in [1.807, 2.05) is 60.3 Å². The van der Waals surface area contributed by atoms with Crippen LogP contribution in [0.3, 0.4) is 0 Å². The molecule has 2 aromatic heterocycles. The number of aromatic nitrogens is 2. The summed E-state index contributed by atoms with van der Waals surface area (Å²) in [5, 5.41) is 0. The van der Waals surface area contributed by atoms with Gasteiger partial charge in [0.25, 0.3) is 11.6 Å². The largest absolute Gasteiger partial charge is 1.00 e. The molecule has 0 spiro atoms. The molecule has 3 aromatic rings. The van der Waals surface area contributed by atoms with Crippen molar-refractivity contribution < 1.29 is 33.0 Å². The maximum absolute atomic E-state index is 5.70. The number of hydrogen-bond donors (Lipinski definition) is 0. The van der Waals surface area contributed by atoms with Gasteiger partial charge in [0.15, 0.2) is 11.8 Å². The second-order valence-electron chi connectivity index (χ2n) is 3.68. The van der Waals surface area contributed by atoms with Crippen LogP contribution in [-0.4, -0.2) is 4.98 Å². The standard InChI is InChI=1S/C13H11N2O.HI/c1-15-9-5-4-7-11(15)13-14-10-6-2-3-8-12(10)16-13;/h2-9H,1H3;1H/q+1;/p-1. The van der Waals surface area contributed by atoms with Crippen molar-refractivity contribution in [1.29, 1.82) is 0 Å². The molecule has 0 unspecified atom stereocenters. The van der Waals surface area contributed by atoms with Crippen molar-refractivity contribution in [3.63, 3.8) is 0 Å². The maximum Gasteiger partial charge on any atom is 0.294 e. The van der Waals surface area contributed by atoms with E-state index in [4.69, 9.17) is 4.42 Å². The van der Waals surface area contributed by atoms with Crippen LogP contribution in [0.1, 0.15) is 0 Å². The van der Waals surface area contributed by atoms with Crippen LogP contribution in [-0.2, 0) is 7.05 Å². The number of oxazole rings is 1. The van der Waals surface area contributed by atoms with Gasteiger partial charge in [-0.1, -0.05) is 12.1 Å². The highest BCUT2D eigenvalue weighted by Gasteiger charge is 2.15. The molecule has 0 bridgehead atoms. The van der Waals surface area contributed by atoms with Crippen LogP contribution in [0.25, 0.3) is 22.7 Å². The fourth-order valence-electron chi connectivity index (χ4n) is 1.73. The highest BCUT2D eigenvalue weighted by molar-refractivity contribution is 5.74. The number of nitrogens with zero attached hydrogens (tertiary/aromatic N) is 2. The van der Waals surface area contributed by atoms with Crippen LogP contribution in [0.4, 0.5) is 0 Å². The molecule has 0 N–H and O–H groups in total. The van der Waals surface area contributed by atoms with Gasteiger partial charge in [-0.2, -0.15) is 4.57 Å². The third kappa shape index (κ3) is 2.17. The van der Waals surface area contributed by atoms with Crippen LogP contribution in [0.2, 0.25) is 0 Å². The lowest BCUT2D eigenvalue weighted by Gasteiger charge is -1.92. The van der Waals surface area contributed by atoms with Crippen LogP contribution in [0.5, 0.6) is 0 Å². The second-order valence-corrected chi connectivity index (χ2v) is 3.68. The van der Waals surface area contributed by atoms with Crippen molar-refractivity contribution in [3.05, 3.63) is 48.7 Å². The Morgan fingerprint density at radius 3 is 2.59 bits per heavy atom. The summed E-state index contributed by atoms with van der Waals surface area (Å²) in [5.41, 5.74) is 2.68. The molecule has 0 saturated heterocycles. The Kier molecular flexibility index (Phi) is 3.42. The Labute approximate surface area is 116 Å². The number of hydrogen-bond acceptors (Lipinski definition) is 2. The van der Waals surface area contributed by atoms with Gasteiger partial charge in [-0.3, -0.25) is 0 Å². The predicted molar refractivity (Wildman–Crippen MR) is 60.6 cm³/mol. The lowest BCUT2D eigenvalue weighted by molar-refractivity contribution is -0.661. The number of pyridine rings is 1. The van der Waals surface area contributed by atoms with Crippen LogP contribution < -0.4 is 28.5 Å². The lowest BCUT2D eigenvalue weighted by atomic mass is 10.3. The first-order valence-corrected chi connectivity index (χ1v) is 5.15. The van der Waals surface area contributed by atoms with Gasteiger partial charge in [-0.15, -0.1) is 0 Å². The van der Waals surface area contributed by atoms with Crippen molar-refractivity contribution in [1.82, 2.24) is 4.98 Å². The van der Waals surface area contributed by atoms with E-state index in [9.17, 15) is 0 Å². The molecule has 0 aliphatic carbocycles. The van der Waals surface area contributed by atoms with E-state index in [1.165, 1.54) is 0 Å². The SMILES string of the molecule is C[n+]1ccccc1-c1nc2ccccc2o1.[I-]. The number of halogens is 1. The monoisotopic (exact) mass is 338 g/mol. The first-order valence-electron chi connectivity index (χ1n) is 5.15. The summed E-state index contributed by atoms with van der Waals surface area (Å²) in [4.78, 5) is 4.46. The number of fused-ring (bicyclic) bond motifs is 1.